The molecular weight excluding hydrogens is 240 g/mol. The first-order chi connectivity index (χ1) is 9.63. The van der Waals surface area contributed by atoms with E-state index >= 15 is 0 Å². The van der Waals surface area contributed by atoms with Crippen LogP contribution in [0.2, 0.25) is 0 Å². The van der Waals surface area contributed by atoms with Gasteiger partial charge in [-0.2, -0.15) is 0 Å². The van der Waals surface area contributed by atoms with Crippen LogP contribution in [0.25, 0.3) is 0 Å². The Balaban J connectivity index is 1.87. The summed E-state index contributed by atoms with van der Waals surface area (Å²) in [4.78, 5) is 0. The molecule has 0 heterocycles. The predicted octanol–water partition coefficient (Wildman–Crippen LogP) is 5.98. The number of rotatable bonds is 2. The highest BCUT2D eigenvalue weighted by Crippen LogP contribution is 2.58. The first-order valence-electron chi connectivity index (χ1n) is 8.35. The van der Waals surface area contributed by atoms with Crippen LogP contribution in [0.3, 0.4) is 0 Å². The highest BCUT2D eigenvalue weighted by molar-refractivity contribution is 5.31. The third-order valence-electron chi connectivity index (χ3n) is 5.77. The van der Waals surface area contributed by atoms with Gasteiger partial charge in [-0.15, -0.1) is 0 Å². The van der Waals surface area contributed by atoms with Crippen molar-refractivity contribution in [2.45, 2.75) is 58.8 Å². The fourth-order valence-electron chi connectivity index (χ4n) is 4.15. The first kappa shape index (κ1) is 13.9. The Morgan fingerprint density at radius 2 is 1.90 bits per heavy atom. The summed E-state index contributed by atoms with van der Waals surface area (Å²) < 4.78 is 0. The van der Waals surface area contributed by atoms with E-state index in [1.165, 1.54) is 50.5 Å². The van der Waals surface area contributed by atoms with Crippen LogP contribution in [0, 0.1) is 17.3 Å². The van der Waals surface area contributed by atoms with Crippen LogP contribution in [0.1, 0.15) is 58.8 Å². The highest BCUT2D eigenvalue weighted by Gasteiger charge is 2.47. The van der Waals surface area contributed by atoms with E-state index in [2.05, 4.69) is 44.7 Å². The summed E-state index contributed by atoms with van der Waals surface area (Å²) in [6, 6.07) is 0. The third kappa shape index (κ3) is 2.45. The number of allylic oxidation sites excluding steroid dienone is 7. The normalized spacial score (nSPS) is 33.7. The van der Waals surface area contributed by atoms with Crippen LogP contribution in [-0.2, 0) is 0 Å². The summed E-state index contributed by atoms with van der Waals surface area (Å²) in [6.07, 6.45) is 19.1. The predicted molar refractivity (Wildman–Crippen MR) is 87.5 cm³/mol. The van der Waals surface area contributed by atoms with Crippen molar-refractivity contribution >= 4 is 0 Å². The molecule has 2 atom stereocenters. The molecule has 0 aromatic carbocycles. The van der Waals surface area contributed by atoms with E-state index in [-0.39, 0.29) is 0 Å². The van der Waals surface area contributed by atoms with Crippen LogP contribution in [0.15, 0.2) is 47.6 Å². The van der Waals surface area contributed by atoms with Crippen LogP contribution in [0.5, 0.6) is 0 Å². The zero-order valence-electron chi connectivity index (χ0n) is 13.1. The second-order valence-corrected chi connectivity index (χ2v) is 7.10. The van der Waals surface area contributed by atoms with Crippen molar-refractivity contribution in [2.24, 2.45) is 17.3 Å². The summed E-state index contributed by atoms with van der Waals surface area (Å²) in [5, 5.41) is 0. The van der Waals surface area contributed by atoms with Crippen molar-refractivity contribution in [1.29, 1.82) is 0 Å². The zero-order valence-corrected chi connectivity index (χ0v) is 13.1. The standard InChI is InChI=1S/C20H28/c1-15(2)20(13-14-20)18-9-6-8-17-7-4-5-10-19(17)16(3)11-12-18/h6,9,11-12,16,18H,1,4-5,7-8,10,13-14H2,2-3H3/b9-6-,12-11?. The molecule has 0 bridgehead atoms. The van der Waals surface area contributed by atoms with E-state index < -0.39 is 0 Å². The van der Waals surface area contributed by atoms with E-state index in [1.54, 1.807) is 11.1 Å². The van der Waals surface area contributed by atoms with Crippen LogP contribution in [0.4, 0.5) is 0 Å². The minimum atomic E-state index is 0.386. The number of hydrogen-bond acceptors (Lipinski definition) is 0. The Hall–Kier alpha value is -1.04. The molecular formula is C20H28. The molecule has 0 aliphatic heterocycles. The Bertz CT molecular complexity index is 482. The van der Waals surface area contributed by atoms with Crippen molar-refractivity contribution in [3.63, 3.8) is 0 Å². The van der Waals surface area contributed by atoms with Gasteiger partial charge in [-0.25, -0.2) is 0 Å². The monoisotopic (exact) mass is 268 g/mol. The average Bonchev–Trinajstić information content (AvgIpc) is 3.23. The molecule has 0 radical (unpaired) electrons. The summed E-state index contributed by atoms with van der Waals surface area (Å²) in [5.41, 5.74) is 5.22. The van der Waals surface area contributed by atoms with Gasteiger partial charge in [0.25, 0.3) is 0 Å². The summed E-state index contributed by atoms with van der Waals surface area (Å²) >= 11 is 0. The van der Waals surface area contributed by atoms with Crippen molar-refractivity contribution in [3.8, 4) is 0 Å². The molecule has 0 N–H and O–H groups in total. The Labute approximate surface area is 124 Å². The van der Waals surface area contributed by atoms with Crippen molar-refractivity contribution in [1.82, 2.24) is 0 Å². The van der Waals surface area contributed by atoms with Gasteiger partial charge in [0.05, 0.1) is 0 Å². The molecule has 0 amide bonds. The topological polar surface area (TPSA) is 0 Å². The lowest BCUT2D eigenvalue weighted by Gasteiger charge is -2.23. The van der Waals surface area contributed by atoms with Gasteiger partial charge in [-0.1, -0.05) is 54.5 Å². The molecule has 0 spiro atoms. The fourth-order valence-corrected chi connectivity index (χ4v) is 4.15. The molecule has 3 aliphatic rings. The van der Waals surface area contributed by atoms with E-state index in [4.69, 9.17) is 0 Å². The van der Waals surface area contributed by atoms with Crippen LogP contribution >= 0.6 is 0 Å². The van der Waals surface area contributed by atoms with E-state index in [0.29, 0.717) is 17.3 Å². The van der Waals surface area contributed by atoms with Crippen LogP contribution < -0.4 is 0 Å². The number of hydrogen-bond donors (Lipinski definition) is 0. The van der Waals surface area contributed by atoms with Gasteiger partial charge in [0.15, 0.2) is 0 Å². The van der Waals surface area contributed by atoms with Crippen LogP contribution in [-0.4, -0.2) is 0 Å². The molecule has 3 aliphatic carbocycles. The fraction of sp³-hybridized carbons (Fsp3) is 0.600. The molecule has 0 nitrogen and oxygen atoms in total. The Morgan fingerprint density at radius 1 is 1.15 bits per heavy atom. The third-order valence-corrected chi connectivity index (χ3v) is 5.77. The Morgan fingerprint density at radius 3 is 2.60 bits per heavy atom. The highest BCUT2D eigenvalue weighted by atomic mass is 14.5. The lowest BCUT2D eigenvalue weighted by atomic mass is 9.82. The molecule has 3 rings (SSSR count). The van der Waals surface area contributed by atoms with Crippen molar-refractivity contribution < 1.29 is 0 Å². The lowest BCUT2D eigenvalue weighted by molar-refractivity contribution is 0.509. The van der Waals surface area contributed by atoms with E-state index in [9.17, 15) is 0 Å². The van der Waals surface area contributed by atoms with Gasteiger partial charge in [0.1, 0.15) is 0 Å². The molecule has 108 valence electrons. The molecule has 20 heavy (non-hydrogen) atoms. The van der Waals surface area contributed by atoms with Crippen molar-refractivity contribution in [3.05, 3.63) is 47.6 Å². The summed E-state index contributed by atoms with van der Waals surface area (Å²) in [5.74, 6) is 1.21. The zero-order chi connectivity index (χ0) is 14.2. The van der Waals surface area contributed by atoms with Gasteiger partial charge in [-0.05, 0) is 57.8 Å². The van der Waals surface area contributed by atoms with Gasteiger partial charge < -0.3 is 0 Å². The van der Waals surface area contributed by atoms with Gasteiger partial charge in [0, 0.05) is 11.3 Å². The second kappa shape index (κ2) is 5.39. The molecule has 0 aromatic rings. The molecule has 0 aromatic heterocycles. The second-order valence-electron chi connectivity index (χ2n) is 7.10. The molecule has 1 fully saturated rings. The maximum absolute atomic E-state index is 4.26. The first-order valence-corrected chi connectivity index (χ1v) is 8.35. The molecule has 2 unspecified atom stereocenters. The minimum absolute atomic E-state index is 0.386. The maximum Gasteiger partial charge on any atom is 0.00404 e. The smallest absolute Gasteiger partial charge is 0.00404 e. The summed E-state index contributed by atoms with van der Waals surface area (Å²) in [6.45, 7) is 8.86. The lowest BCUT2D eigenvalue weighted by Crippen LogP contribution is -2.13. The van der Waals surface area contributed by atoms with Gasteiger partial charge in [-0.3, -0.25) is 0 Å². The minimum Gasteiger partial charge on any atom is -0.0995 e. The van der Waals surface area contributed by atoms with Gasteiger partial charge in [0.2, 0.25) is 0 Å². The SMILES string of the molecule is C=C(C)C1(C2C=CC(C)C3=C(C/C=C\2)CCCC3)CC1. The average molecular weight is 268 g/mol. The Kier molecular flexibility index (Phi) is 3.75. The van der Waals surface area contributed by atoms with E-state index in [0.717, 1.165) is 0 Å². The largest absolute Gasteiger partial charge is 0.0995 e. The molecule has 0 heteroatoms. The molecule has 0 saturated heterocycles. The molecule has 1 saturated carbocycles. The van der Waals surface area contributed by atoms with Gasteiger partial charge >= 0.3 is 0 Å². The van der Waals surface area contributed by atoms with Crippen molar-refractivity contribution in [2.75, 3.05) is 0 Å². The van der Waals surface area contributed by atoms with E-state index in [1.807, 2.05) is 0 Å². The quantitative estimate of drug-likeness (QED) is 0.540. The summed E-state index contributed by atoms with van der Waals surface area (Å²) in [7, 11) is 0. The maximum atomic E-state index is 4.26.